The number of halogens is 4. The largest absolute Gasteiger partial charge is 0.496 e. The molecule has 1 fully saturated rings. The molecule has 4 heterocycles. The Kier molecular flexibility index (Phi) is 11.6. The van der Waals surface area contributed by atoms with E-state index in [4.69, 9.17) is 27.9 Å². The topological polar surface area (TPSA) is 105 Å². The maximum atomic E-state index is 15.7. The van der Waals surface area contributed by atoms with Crippen LogP contribution in [0.4, 0.5) is 14.5 Å². The lowest BCUT2D eigenvalue weighted by molar-refractivity contribution is -0.129. The van der Waals surface area contributed by atoms with Crippen LogP contribution in [0.1, 0.15) is 53.8 Å². The van der Waals surface area contributed by atoms with Gasteiger partial charge in [0.15, 0.2) is 5.82 Å². The fraction of sp³-hybridized carbons (Fsp3) is 0.405. The van der Waals surface area contributed by atoms with Crippen molar-refractivity contribution in [2.45, 2.75) is 51.7 Å². The van der Waals surface area contributed by atoms with E-state index >= 15 is 4.39 Å². The molecule has 2 amide bonds. The van der Waals surface area contributed by atoms with Crippen molar-refractivity contribution >= 4 is 40.7 Å². The van der Waals surface area contributed by atoms with Crippen LogP contribution in [-0.2, 0) is 31.4 Å². The zero-order valence-corrected chi connectivity index (χ0v) is 30.4. The molecule has 0 spiro atoms. The van der Waals surface area contributed by atoms with Gasteiger partial charge in [-0.25, -0.2) is 9.37 Å². The number of alkyl halides is 1. The van der Waals surface area contributed by atoms with E-state index in [1.54, 1.807) is 48.0 Å². The van der Waals surface area contributed by atoms with Crippen molar-refractivity contribution < 1.29 is 23.1 Å². The number of methoxy groups -OCH3 is 1. The van der Waals surface area contributed by atoms with Crippen LogP contribution in [-0.4, -0.2) is 82.2 Å². The van der Waals surface area contributed by atoms with Gasteiger partial charge in [-0.2, -0.15) is 0 Å². The Balaban J connectivity index is 1.20. The number of fused-ring (bicyclic) bond motifs is 1. The number of hydrogen-bond donors (Lipinski definition) is 2. The molecule has 2 aromatic carbocycles. The minimum Gasteiger partial charge on any atom is -0.496 e. The summed E-state index contributed by atoms with van der Waals surface area (Å²) in [6.45, 7) is 4.78. The van der Waals surface area contributed by atoms with Crippen molar-refractivity contribution in [2.75, 3.05) is 45.3 Å². The van der Waals surface area contributed by atoms with E-state index in [0.29, 0.717) is 72.0 Å². The summed E-state index contributed by atoms with van der Waals surface area (Å²) in [5, 5.41) is 6.83. The molecule has 14 heteroatoms. The van der Waals surface area contributed by atoms with Gasteiger partial charge >= 0.3 is 0 Å². The van der Waals surface area contributed by atoms with Crippen LogP contribution in [0.5, 0.6) is 5.75 Å². The number of ether oxygens (including phenoxy) is 1. The molecule has 2 aliphatic heterocycles. The Labute approximate surface area is 306 Å². The van der Waals surface area contributed by atoms with Gasteiger partial charge in [-0.15, -0.1) is 0 Å². The fourth-order valence-corrected chi connectivity index (χ4v) is 7.47. The van der Waals surface area contributed by atoms with E-state index in [1.807, 2.05) is 11.9 Å². The van der Waals surface area contributed by atoms with Crippen LogP contribution in [0.2, 0.25) is 10.0 Å². The SMILES string of the molecule is COc1cc(-c2nccc(-c3cccc(NC(=O)c4nc5c(n4C)CCN(CCCF)C5)c3Cl)c2Cl)cc(F)c1CNC1CCN(C(C)=O)CC1. The highest BCUT2D eigenvalue weighted by atomic mass is 35.5. The minimum absolute atomic E-state index is 0.0642. The second-order valence-corrected chi connectivity index (χ2v) is 13.7. The maximum Gasteiger partial charge on any atom is 0.291 e. The zero-order chi connectivity index (χ0) is 36.2. The number of anilines is 1. The van der Waals surface area contributed by atoms with Gasteiger partial charge in [0.2, 0.25) is 5.91 Å². The van der Waals surface area contributed by atoms with Crippen LogP contribution in [0, 0.1) is 5.82 Å². The van der Waals surface area contributed by atoms with Gasteiger partial charge in [0, 0.05) is 99.8 Å². The van der Waals surface area contributed by atoms with Gasteiger partial charge in [-0.3, -0.25) is 23.9 Å². The lowest BCUT2D eigenvalue weighted by Crippen LogP contribution is -2.44. The van der Waals surface area contributed by atoms with Crippen molar-refractivity contribution in [2.24, 2.45) is 7.05 Å². The Hall–Kier alpha value is -4.10. The number of nitrogens with one attached hydrogen (secondary N) is 2. The predicted molar refractivity (Wildman–Crippen MR) is 194 cm³/mol. The summed E-state index contributed by atoms with van der Waals surface area (Å²) in [6, 6.07) is 10.2. The molecule has 0 saturated carbocycles. The summed E-state index contributed by atoms with van der Waals surface area (Å²) >= 11 is 13.9. The second kappa shape index (κ2) is 16.1. The molecule has 0 aliphatic carbocycles. The van der Waals surface area contributed by atoms with Gasteiger partial charge < -0.3 is 24.8 Å². The van der Waals surface area contributed by atoms with E-state index in [1.165, 1.54) is 13.2 Å². The molecule has 0 atom stereocenters. The molecule has 270 valence electrons. The number of amides is 2. The van der Waals surface area contributed by atoms with E-state index in [-0.39, 0.29) is 41.0 Å². The Morgan fingerprint density at radius 3 is 2.57 bits per heavy atom. The van der Waals surface area contributed by atoms with Crippen LogP contribution >= 0.6 is 23.2 Å². The Bertz CT molecular complexity index is 1930. The number of likely N-dealkylation sites (tertiary alicyclic amines) is 1. The van der Waals surface area contributed by atoms with Crippen LogP contribution in [0.25, 0.3) is 22.4 Å². The van der Waals surface area contributed by atoms with E-state index in [0.717, 1.165) is 37.2 Å². The van der Waals surface area contributed by atoms with Crippen molar-refractivity contribution in [1.82, 2.24) is 29.7 Å². The number of imidazole rings is 1. The molecule has 0 radical (unpaired) electrons. The number of carbonyl (C=O) groups is 2. The van der Waals surface area contributed by atoms with Gasteiger partial charge in [0.1, 0.15) is 11.6 Å². The number of piperidine rings is 1. The monoisotopic (exact) mass is 739 g/mol. The number of rotatable bonds is 11. The van der Waals surface area contributed by atoms with E-state index < -0.39 is 11.7 Å². The van der Waals surface area contributed by atoms with Crippen molar-refractivity contribution in [3.8, 4) is 28.1 Å². The number of aromatic nitrogens is 3. The smallest absolute Gasteiger partial charge is 0.291 e. The lowest BCUT2D eigenvalue weighted by Gasteiger charge is -2.32. The normalized spacial score (nSPS) is 15.2. The third-order valence-corrected chi connectivity index (χ3v) is 10.5. The molecule has 10 nitrogen and oxygen atoms in total. The number of pyridine rings is 1. The molecule has 2 N–H and O–H groups in total. The first-order valence-electron chi connectivity index (χ1n) is 17.0. The summed E-state index contributed by atoms with van der Waals surface area (Å²) in [5.74, 6) is -0.206. The van der Waals surface area contributed by atoms with Crippen molar-refractivity contribution in [3.05, 3.63) is 81.2 Å². The second-order valence-electron chi connectivity index (χ2n) is 12.9. The third-order valence-electron chi connectivity index (χ3n) is 9.73. The van der Waals surface area contributed by atoms with Gasteiger partial charge in [0.25, 0.3) is 5.91 Å². The molecular formula is C37H41Cl2F2N7O3. The van der Waals surface area contributed by atoms with Crippen molar-refractivity contribution in [3.63, 3.8) is 0 Å². The summed E-state index contributed by atoms with van der Waals surface area (Å²) in [4.78, 5) is 38.2. The highest BCUT2D eigenvalue weighted by Crippen LogP contribution is 2.41. The molecule has 2 aliphatic rings. The van der Waals surface area contributed by atoms with E-state index in [2.05, 4.69) is 25.5 Å². The quantitative estimate of drug-likeness (QED) is 0.177. The van der Waals surface area contributed by atoms with Crippen LogP contribution < -0.4 is 15.4 Å². The zero-order valence-electron chi connectivity index (χ0n) is 28.9. The summed E-state index contributed by atoms with van der Waals surface area (Å²) in [6.07, 6.45) is 4.33. The van der Waals surface area contributed by atoms with E-state index in [9.17, 15) is 14.0 Å². The average molecular weight is 741 g/mol. The molecule has 0 bridgehead atoms. The highest BCUT2D eigenvalue weighted by Gasteiger charge is 2.27. The highest BCUT2D eigenvalue weighted by molar-refractivity contribution is 6.39. The van der Waals surface area contributed by atoms with Crippen LogP contribution in [0.15, 0.2) is 42.6 Å². The molecule has 4 aromatic rings. The van der Waals surface area contributed by atoms with Gasteiger partial charge in [0.05, 0.1) is 40.9 Å². The molecule has 2 aromatic heterocycles. The third kappa shape index (κ3) is 7.89. The summed E-state index contributed by atoms with van der Waals surface area (Å²) in [7, 11) is 3.30. The van der Waals surface area contributed by atoms with Gasteiger partial charge in [-0.05, 0) is 43.5 Å². The predicted octanol–water partition coefficient (Wildman–Crippen LogP) is 6.67. The first-order chi connectivity index (χ1) is 24.6. The van der Waals surface area contributed by atoms with Crippen LogP contribution in [0.3, 0.4) is 0 Å². The number of nitrogens with zero attached hydrogens (tertiary/aromatic N) is 5. The van der Waals surface area contributed by atoms with Gasteiger partial charge in [-0.1, -0.05) is 35.3 Å². The fourth-order valence-electron chi connectivity index (χ4n) is 6.87. The molecular weight excluding hydrogens is 699 g/mol. The first-order valence-corrected chi connectivity index (χ1v) is 17.8. The Morgan fingerprint density at radius 2 is 1.84 bits per heavy atom. The molecule has 0 unspecified atom stereocenters. The number of benzene rings is 2. The van der Waals surface area contributed by atoms with Crippen molar-refractivity contribution in [1.29, 1.82) is 0 Å². The lowest BCUT2D eigenvalue weighted by atomic mass is 10.0. The minimum atomic E-state index is -0.465. The standard InChI is InChI=1S/C37H41Cl2F2N7O3/c1-22(49)48-16-9-24(10-17-48)43-20-27-28(41)18-23(19-32(27)51-3)35-34(39)26(8-13-42-35)25-6-4-7-29(33(25)38)45-37(50)36-44-30-21-47(14-5-12-40)15-11-31(30)46(36)2/h4,6-8,13,18-19,24,43H,5,9-12,14-17,20-21H2,1-3H3,(H,45,50). The maximum absolute atomic E-state index is 15.7. The molecule has 6 rings (SSSR count). The summed E-state index contributed by atoms with van der Waals surface area (Å²) in [5.41, 5.74) is 4.42. The number of carbonyl (C=O) groups excluding carboxylic acids is 2. The molecule has 1 saturated heterocycles. The summed E-state index contributed by atoms with van der Waals surface area (Å²) < 4.78 is 35.8. The average Bonchev–Trinajstić information content (AvgIpc) is 3.46. The first kappa shape index (κ1) is 36.7. The number of hydrogen-bond acceptors (Lipinski definition) is 7. The Morgan fingerprint density at radius 1 is 1.08 bits per heavy atom. The molecule has 51 heavy (non-hydrogen) atoms.